The van der Waals surface area contributed by atoms with E-state index in [0.29, 0.717) is 0 Å². The summed E-state index contributed by atoms with van der Waals surface area (Å²) >= 11 is 0. The molecule has 0 aliphatic heterocycles. The molecular formula is C28H24N2. The minimum atomic E-state index is 0.929. The van der Waals surface area contributed by atoms with E-state index in [1.807, 2.05) is 61.5 Å². The van der Waals surface area contributed by atoms with E-state index < -0.39 is 0 Å². The van der Waals surface area contributed by atoms with Crippen molar-refractivity contribution in [3.63, 3.8) is 0 Å². The lowest BCUT2D eigenvalue weighted by Crippen LogP contribution is -2.27. The van der Waals surface area contributed by atoms with Gasteiger partial charge in [-0.1, -0.05) is 86.0 Å². The Morgan fingerprint density at radius 2 is 1.40 bits per heavy atom. The molecule has 0 fully saturated rings. The lowest BCUT2D eigenvalue weighted by molar-refractivity contribution is 1.01. The van der Waals surface area contributed by atoms with Gasteiger partial charge < -0.3 is 4.57 Å². The van der Waals surface area contributed by atoms with E-state index in [9.17, 15) is 0 Å². The summed E-state index contributed by atoms with van der Waals surface area (Å²) in [5.74, 6) is 0. The fourth-order valence-corrected chi connectivity index (χ4v) is 3.57. The van der Waals surface area contributed by atoms with Crippen LogP contribution in [-0.2, 0) is 0 Å². The van der Waals surface area contributed by atoms with E-state index in [1.165, 1.54) is 0 Å². The first-order valence-corrected chi connectivity index (χ1v) is 10.0. The molecule has 0 amide bonds. The fourth-order valence-electron chi connectivity index (χ4n) is 3.57. The lowest BCUT2D eigenvalue weighted by atomic mass is 10.1. The second kappa shape index (κ2) is 8.62. The Labute approximate surface area is 177 Å². The molecule has 2 aromatic heterocycles. The maximum Gasteiger partial charge on any atom is 0.0730 e. The molecule has 0 aliphatic rings. The summed E-state index contributed by atoms with van der Waals surface area (Å²) < 4.78 is 2.19. The molecule has 0 radical (unpaired) electrons. The normalized spacial score (nSPS) is 11.8. The molecule has 2 heterocycles. The van der Waals surface area contributed by atoms with Crippen molar-refractivity contribution in [2.45, 2.75) is 6.92 Å². The molecule has 0 atom stereocenters. The SMILES string of the molecule is C=Cc1cc(=C)/c(=C\C=C/C)n1-c1cc(-c2ccccc2)nc(-c2ccccc2)c1. The molecular weight excluding hydrogens is 364 g/mol. The molecule has 0 bridgehead atoms. The largest absolute Gasteiger partial charge is 0.310 e. The summed E-state index contributed by atoms with van der Waals surface area (Å²) in [4.78, 5) is 4.97. The Hall–Kier alpha value is -3.91. The van der Waals surface area contributed by atoms with Gasteiger partial charge in [-0.25, -0.2) is 4.98 Å². The third kappa shape index (κ3) is 3.81. The van der Waals surface area contributed by atoms with Crippen LogP contribution in [0, 0.1) is 0 Å². The van der Waals surface area contributed by atoms with Crippen LogP contribution in [0.3, 0.4) is 0 Å². The maximum atomic E-state index is 4.97. The van der Waals surface area contributed by atoms with Crippen LogP contribution in [0.25, 0.3) is 46.9 Å². The second-order valence-corrected chi connectivity index (χ2v) is 7.04. The van der Waals surface area contributed by atoms with Crippen LogP contribution in [0.15, 0.2) is 97.6 Å². The van der Waals surface area contributed by atoms with Crippen LogP contribution in [0.5, 0.6) is 0 Å². The minimum Gasteiger partial charge on any atom is -0.310 e. The van der Waals surface area contributed by atoms with Crippen molar-refractivity contribution in [1.29, 1.82) is 0 Å². The summed E-state index contributed by atoms with van der Waals surface area (Å²) in [5.41, 5.74) is 6.05. The lowest BCUT2D eigenvalue weighted by Gasteiger charge is -2.13. The molecule has 2 heteroatoms. The molecule has 4 aromatic rings. The monoisotopic (exact) mass is 388 g/mol. The van der Waals surface area contributed by atoms with Gasteiger partial charge in [0.1, 0.15) is 0 Å². The van der Waals surface area contributed by atoms with Crippen molar-refractivity contribution in [2.75, 3.05) is 0 Å². The average molecular weight is 389 g/mol. The summed E-state index contributed by atoms with van der Waals surface area (Å²) in [7, 11) is 0. The molecule has 0 unspecified atom stereocenters. The van der Waals surface area contributed by atoms with Crippen LogP contribution in [0.2, 0.25) is 0 Å². The van der Waals surface area contributed by atoms with E-state index >= 15 is 0 Å². The molecule has 2 aromatic carbocycles. The summed E-state index contributed by atoms with van der Waals surface area (Å²) in [6, 6.07) is 26.9. The maximum absolute atomic E-state index is 4.97. The van der Waals surface area contributed by atoms with Crippen molar-refractivity contribution < 1.29 is 0 Å². The van der Waals surface area contributed by atoms with Crippen LogP contribution in [0.4, 0.5) is 0 Å². The first-order chi connectivity index (χ1) is 14.7. The van der Waals surface area contributed by atoms with E-state index in [4.69, 9.17) is 4.98 Å². The standard InChI is InChI=1S/C28H24N2/c1-4-6-17-28-21(3)18-24(5-2)30(28)25-19-26(22-13-9-7-10-14-22)29-27(20-25)23-15-11-8-12-16-23/h4-20H,2-3H2,1H3/b6-4-,28-17+. The summed E-state index contributed by atoms with van der Waals surface area (Å²) in [6.45, 7) is 10.3. The first-order valence-electron chi connectivity index (χ1n) is 10.0. The van der Waals surface area contributed by atoms with Gasteiger partial charge in [0.05, 0.1) is 22.4 Å². The van der Waals surface area contributed by atoms with Gasteiger partial charge in [0.2, 0.25) is 0 Å². The van der Waals surface area contributed by atoms with E-state index in [1.54, 1.807) is 0 Å². The van der Waals surface area contributed by atoms with Crippen LogP contribution in [0.1, 0.15) is 12.6 Å². The molecule has 0 saturated heterocycles. The van der Waals surface area contributed by atoms with E-state index in [0.717, 1.165) is 44.5 Å². The van der Waals surface area contributed by atoms with Crippen molar-refractivity contribution >= 4 is 18.7 Å². The van der Waals surface area contributed by atoms with Gasteiger partial charge in [-0.3, -0.25) is 0 Å². The molecule has 4 rings (SSSR count). The van der Waals surface area contributed by atoms with Crippen LogP contribution in [-0.4, -0.2) is 9.55 Å². The zero-order valence-electron chi connectivity index (χ0n) is 17.1. The highest BCUT2D eigenvalue weighted by Gasteiger charge is 2.11. The number of hydrogen-bond acceptors (Lipinski definition) is 1. The predicted molar refractivity (Wildman–Crippen MR) is 129 cm³/mol. The van der Waals surface area contributed by atoms with Crippen molar-refractivity contribution in [1.82, 2.24) is 9.55 Å². The fraction of sp³-hybridized carbons (Fsp3) is 0.0357. The number of benzene rings is 2. The highest BCUT2D eigenvalue weighted by Crippen LogP contribution is 2.26. The van der Waals surface area contributed by atoms with Gasteiger partial charge in [-0.2, -0.15) is 0 Å². The van der Waals surface area contributed by atoms with Gasteiger partial charge in [0.25, 0.3) is 0 Å². The molecule has 0 spiro atoms. The van der Waals surface area contributed by atoms with Gasteiger partial charge in [0, 0.05) is 16.8 Å². The van der Waals surface area contributed by atoms with Crippen molar-refractivity contribution in [3.8, 4) is 28.2 Å². The minimum absolute atomic E-state index is 0.929. The third-order valence-electron chi connectivity index (χ3n) is 5.01. The number of pyridine rings is 1. The molecule has 0 aliphatic carbocycles. The van der Waals surface area contributed by atoms with E-state index in [2.05, 4.69) is 66.3 Å². The molecule has 30 heavy (non-hydrogen) atoms. The third-order valence-corrected chi connectivity index (χ3v) is 5.01. The highest BCUT2D eigenvalue weighted by atomic mass is 15.0. The average Bonchev–Trinajstić information content (AvgIpc) is 3.13. The smallest absolute Gasteiger partial charge is 0.0730 e. The quantitative estimate of drug-likeness (QED) is 0.434. The number of aromatic nitrogens is 2. The Bertz CT molecular complexity index is 1250. The first kappa shape index (κ1) is 19.4. The molecule has 0 N–H and O–H groups in total. The number of allylic oxidation sites excluding steroid dienone is 2. The van der Waals surface area contributed by atoms with Gasteiger partial charge in [0.15, 0.2) is 0 Å². The zero-order valence-corrected chi connectivity index (χ0v) is 17.1. The molecule has 146 valence electrons. The van der Waals surface area contributed by atoms with Gasteiger partial charge in [-0.05, 0) is 42.5 Å². The van der Waals surface area contributed by atoms with Crippen molar-refractivity contribution in [2.24, 2.45) is 0 Å². The Morgan fingerprint density at radius 3 is 1.90 bits per heavy atom. The zero-order chi connectivity index (χ0) is 20.9. The Balaban J connectivity index is 2.04. The predicted octanol–water partition coefficient (Wildman–Crippen LogP) is 5.62. The Kier molecular flexibility index (Phi) is 5.58. The van der Waals surface area contributed by atoms with Crippen molar-refractivity contribution in [3.05, 3.63) is 114 Å². The second-order valence-electron chi connectivity index (χ2n) is 7.04. The summed E-state index contributed by atoms with van der Waals surface area (Å²) in [5, 5.41) is 1.99. The highest BCUT2D eigenvalue weighted by molar-refractivity contribution is 5.70. The van der Waals surface area contributed by atoms with E-state index in [-0.39, 0.29) is 0 Å². The number of nitrogens with zero attached hydrogens (tertiary/aromatic N) is 2. The van der Waals surface area contributed by atoms with Crippen LogP contribution < -0.4 is 10.6 Å². The summed E-state index contributed by atoms with van der Waals surface area (Å²) in [6.07, 6.45) is 8.00. The molecule has 0 saturated carbocycles. The Morgan fingerprint density at radius 1 is 0.833 bits per heavy atom. The van der Waals surface area contributed by atoms with Crippen LogP contribution >= 0.6 is 0 Å². The van der Waals surface area contributed by atoms with Gasteiger partial charge >= 0.3 is 0 Å². The topological polar surface area (TPSA) is 17.8 Å². The molecule has 2 nitrogen and oxygen atoms in total. The number of hydrogen-bond donors (Lipinski definition) is 0. The number of rotatable bonds is 5. The van der Waals surface area contributed by atoms with Gasteiger partial charge in [-0.15, -0.1) is 0 Å².